The van der Waals surface area contributed by atoms with Gasteiger partial charge in [0, 0.05) is 38.2 Å². The van der Waals surface area contributed by atoms with E-state index in [9.17, 15) is 9.90 Å². The second-order valence-electron chi connectivity index (χ2n) is 4.86. The van der Waals surface area contributed by atoms with Gasteiger partial charge in [-0.2, -0.15) is 0 Å². The molecule has 0 aliphatic carbocycles. The summed E-state index contributed by atoms with van der Waals surface area (Å²) in [6.45, 7) is 1.28. The van der Waals surface area contributed by atoms with Crippen molar-refractivity contribution in [2.75, 3.05) is 20.7 Å². The van der Waals surface area contributed by atoms with Gasteiger partial charge in [-0.05, 0) is 12.5 Å². The number of carbonyl (C=O) groups is 1. The Morgan fingerprint density at radius 1 is 1.53 bits per heavy atom. The van der Waals surface area contributed by atoms with Crippen LogP contribution in [0.25, 0.3) is 0 Å². The van der Waals surface area contributed by atoms with E-state index in [1.165, 1.54) is 7.11 Å². The lowest BCUT2D eigenvalue weighted by atomic mass is 10.1. The van der Waals surface area contributed by atoms with Gasteiger partial charge in [-0.1, -0.05) is 12.1 Å². The number of likely N-dealkylation sites (N-methyl/N-ethyl adjacent to an activating group) is 1. The monoisotopic (exact) mass is 264 g/mol. The van der Waals surface area contributed by atoms with Crippen LogP contribution in [0.3, 0.4) is 0 Å². The summed E-state index contributed by atoms with van der Waals surface area (Å²) in [7, 11) is 3.35. The first-order chi connectivity index (χ1) is 9.11. The highest BCUT2D eigenvalue weighted by molar-refractivity contribution is 5.76. The summed E-state index contributed by atoms with van der Waals surface area (Å²) in [5.41, 5.74) is 0.805. The largest absolute Gasteiger partial charge is 0.504 e. The normalized spacial score (nSPS) is 19.6. The van der Waals surface area contributed by atoms with E-state index < -0.39 is 0 Å². The molecule has 1 unspecified atom stereocenters. The predicted octanol–water partition coefficient (Wildman–Crippen LogP) is 1.11. The number of para-hydroxylation sites is 1. The molecule has 1 heterocycles. The summed E-state index contributed by atoms with van der Waals surface area (Å²) in [6, 6.07) is 5.72. The van der Waals surface area contributed by atoms with Gasteiger partial charge in [0.2, 0.25) is 5.91 Å². The van der Waals surface area contributed by atoms with Crippen LogP contribution in [0, 0.1) is 0 Å². The zero-order valence-corrected chi connectivity index (χ0v) is 11.3. The van der Waals surface area contributed by atoms with Gasteiger partial charge in [-0.15, -0.1) is 0 Å². The maximum absolute atomic E-state index is 11.4. The molecule has 1 aliphatic rings. The zero-order chi connectivity index (χ0) is 13.8. The van der Waals surface area contributed by atoms with Gasteiger partial charge in [-0.3, -0.25) is 4.79 Å². The summed E-state index contributed by atoms with van der Waals surface area (Å²) in [5.74, 6) is 0.857. The SMILES string of the molecule is COc1cccc(CNC2CCC(=O)N(C)C2)c1O. The maximum Gasteiger partial charge on any atom is 0.222 e. The zero-order valence-electron chi connectivity index (χ0n) is 11.3. The third-order valence-corrected chi connectivity index (χ3v) is 3.51. The molecule has 1 amide bonds. The van der Waals surface area contributed by atoms with E-state index in [1.54, 1.807) is 11.0 Å². The molecule has 1 saturated heterocycles. The fourth-order valence-electron chi connectivity index (χ4n) is 2.31. The van der Waals surface area contributed by atoms with E-state index >= 15 is 0 Å². The number of hydrogen-bond donors (Lipinski definition) is 2. The number of phenolic OH excluding ortho intramolecular Hbond substituents is 1. The number of hydrogen-bond acceptors (Lipinski definition) is 4. The molecule has 19 heavy (non-hydrogen) atoms. The number of piperidine rings is 1. The molecule has 1 fully saturated rings. The van der Waals surface area contributed by atoms with Gasteiger partial charge in [-0.25, -0.2) is 0 Å². The first kappa shape index (κ1) is 13.7. The molecule has 2 rings (SSSR count). The fraction of sp³-hybridized carbons (Fsp3) is 0.500. The van der Waals surface area contributed by atoms with E-state index in [0.29, 0.717) is 25.3 Å². The summed E-state index contributed by atoms with van der Waals surface area (Å²) in [6.07, 6.45) is 1.42. The molecule has 1 aliphatic heterocycles. The quantitative estimate of drug-likeness (QED) is 0.855. The van der Waals surface area contributed by atoms with Crippen molar-refractivity contribution in [1.82, 2.24) is 10.2 Å². The van der Waals surface area contributed by atoms with Gasteiger partial charge in [0.05, 0.1) is 7.11 Å². The number of likely N-dealkylation sites (tertiary alicyclic amines) is 1. The van der Waals surface area contributed by atoms with Crippen LogP contribution in [0.5, 0.6) is 11.5 Å². The summed E-state index contributed by atoms with van der Waals surface area (Å²) in [5, 5.41) is 13.4. The first-order valence-electron chi connectivity index (χ1n) is 6.44. The van der Waals surface area contributed by atoms with Gasteiger partial charge < -0.3 is 20.1 Å². The van der Waals surface area contributed by atoms with Gasteiger partial charge in [0.1, 0.15) is 0 Å². The van der Waals surface area contributed by atoms with Crippen molar-refractivity contribution < 1.29 is 14.6 Å². The highest BCUT2D eigenvalue weighted by atomic mass is 16.5. The Hall–Kier alpha value is -1.75. The lowest BCUT2D eigenvalue weighted by Gasteiger charge is -2.30. The van der Waals surface area contributed by atoms with Crippen molar-refractivity contribution >= 4 is 5.91 Å². The Bertz CT molecular complexity index is 462. The molecule has 0 aromatic heterocycles. The molecule has 1 atom stereocenters. The Balaban J connectivity index is 1.94. The first-order valence-corrected chi connectivity index (χ1v) is 6.44. The van der Waals surface area contributed by atoms with Crippen LogP contribution in [-0.2, 0) is 11.3 Å². The lowest BCUT2D eigenvalue weighted by molar-refractivity contribution is -0.132. The van der Waals surface area contributed by atoms with Crippen molar-refractivity contribution in [1.29, 1.82) is 0 Å². The molecule has 5 heteroatoms. The minimum absolute atomic E-state index is 0.178. The molecular weight excluding hydrogens is 244 g/mol. The lowest BCUT2D eigenvalue weighted by Crippen LogP contribution is -2.46. The average Bonchev–Trinajstić information content (AvgIpc) is 2.41. The number of rotatable bonds is 4. The van der Waals surface area contributed by atoms with Crippen LogP contribution >= 0.6 is 0 Å². The molecular formula is C14H20N2O3. The van der Waals surface area contributed by atoms with E-state index in [-0.39, 0.29) is 17.7 Å². The molecule has 0 saturated carbocycles. The van der Waals surface area contributed by atoms with Crippen molar-refractivity contribution in [2.45, 2.75) is 25.4 Å². The molecule has 1 aromatic carbocycles. The predicted molar refractivity (Wildman–Crippen MR) is 72.2 cm³/mol. The molecule has 2 N–H and O–H groups in total. The third kappa shape index (κ3) is 3.17. The van der Waals surface area contributed by atoms with Gasteiger partial charge in [0.25, 0.3) is 0 Å². The van der Waals surface area contributed by atoms with E-state index in [1.807, 2.05) is 19.2 Å². The number of ether oxygens (including phenoxy) is 1. The van der Waals surface area contributed by atoms with Crippen molar-refractivity contribution in [3.05, 3.63) is 23.8 Å². The standard InChI is InChI=1S/C14H20N2O3/c1-16-9-11(6-7-13(16)17)15-8-10-4-3-5-12(19-2)14(10)18/h3-5,11,15,18H,6-9H2,1-2H3. The number of nitrogens with zero attached hydrogens (tertiary/aromatic N) is 1. The number of nitrogens with one attached hydrogen (secondary N) is 1. The van der Waals surface area contributed by atoms with Gasteiger partial charge in [0.15, 0.2) is 11.5 Å². The molecule has 104 valence electrons. The van der Waals surface area contributed by atoms with Crippen LogP contribution in [0.2, 0.25) is 0 Å². The fourth-order valence-corrected chi connectivity index (χ4v) is 2.31. The Labute approximate surface area is 113 Å². The summed E-state index contributed by atoms with van der Waals surface area (Å²) < 4.78 is 5.08. The van der Waals surface area contributed by atoms with Crippen molar-refractivity contribution in [3.8, 4) is 11.5 Å². The van der Waals surface area contributed by atoms with Crippen LogP contribution < -0.4 is 10.1 Å². The minimum atomic E-state index is 0.178. The molecule has 0 bridgehead atoms. The van der Waals surface area contributed by atoms with E-state index in [0.717, 1.165) is 12.0 Å². The average molecular weight is 264 g/mol. The summed E-state index contributed by atoms with van der Waals surface area (Å²) >= 11 is 0. The molecule has 0 radical (unpaired) electrons. The van der Waals surface area contributed by atoms with E-state index in [2.05, 4.69) is 5.32 Å². The highest BCUT2D eigenvalue weighted by Gasteiger charge is 2.22. The molecule has 0 spiro atoms. The van der Waals surface area contributed by atoms with Gasteiger partial charge >= 0.3 is 0 Å². The smallest absolute Gasteiger partial charge is 0.222 e. The number of phenols is 1. The summed E-state index contributed by atoms with van der Waals surface area (Å²) in [4.78, 5) is 13.1. The van der Waals surface area contributed by atoms with Crippen LogP contribution in [0.4, 0.5) is 0 Å². The Morgan fingerprint density at radius 2 is 2.32 bits per heavy atom. The minimum Gasteiger partial charge on any atom is -0.504 e. The van der Waals surface area contributed by atoms with E-state index in [4.69, 9.17) is 4.74 Å². The number of methoxy groups -OCH3 is 1. The molecule has 1 aromatic rings. The van der Waals surface area contributed by atoms with Crippen molar-refractivity contribution in [2.24, 2.45) is 0 Å². The number of amides is 1. The highest BCUT2D eigenvalue weighted by Crippen LogP contribution is 2.29. The molecule has 5 nitrogen and oxygen atoms in total. The Morgan fingerprint density at radius 3 is 3.00 bits per heavy atom. The third-order valence-electron chi connectivity index (χ3n) is 3.51. The Kier molecular flexibility index (Phi) is 4.27. The topological polar surface area (TPSA) is 61.8 Å². The van der Waals surface area contributed by atoms with Crippen molar-refractivity contribution in [3.63, 3.8) is 0 Å². The number of benzene rings is 1. The van der Waals surface area contributed by atoms with Crippen LogP contribution in [-0.4, -0.2) is 42.7 Å². The second kappa shape index (κ2) is 5.93. The van der Waals surface area contributed by atoms with Crippen LogP contribution in [0.1, 0.15) is 18.4 Å². The number of aromatic hydroxyl groups is 1. The maximum atomic E-state index is 11.4. The second-order valence-corrected chi connectivity index (χ2v) is 4.86. The van der Waals surface area contributed by atoms with Crippen LogP contribution in [0.15, 0.2) is 18.2 Å². The number of carbonyl (C=O) groups excluding carboxylic acids is 1.